The third kappa shape index (κ3) is 3.92. The maximum absolute atomic E-state index is 10.5. The van der Waals surface area contributed by atoms with Crippen LogP contribution >= 0.6 is 0 Å². The Labute approximate surface area is 147 Å². The third-order valence-corrected chi connectivity index (χ3v) is 4.13. The minimum absolute atomic E-state index is 0.412. The second kappa shape index (κ2) is 7.55. The largest absolute Gasteiger partial charge is 0.497 e. The van der Waals surface area contributed by atoms with Crippen molar-refractivity contribution in [3.05, 3.63) is 59.5 Å². The van der Waals surface area contributed by atoms with Crippen molar-refractivity contribution in [2.45, 2.75) is 19.6 Å². The van der Waals surface area contributed by atoms with E-state index in [-0.39, 0.29) is 0 Å². The van der Waals surface area contributed by atoms with E-state index in [0.29, 0.717) is 24.6 Å². The first-order valence-corrected chi connectivity index (χ1v) is 8.15. The van der Waals surface area contributed by atoms with Crippen LogP contribution in [0.4, 0.5) is 0 Å². The van der Waals surface area contributed by atoms with Crippen LogP contribution in [-0.2, 0) is 6.54 Å². The second-order valence-corrected chi connectivity index (χ2v) is 5.98. The Morgan fingerprint density at radius 1 is 1.16 bits per heavy atom. The van der Waals surface area contributed by atoms with Gasteiger partial charge in [-0.25, -0.2) is 4.98 Å². The Bertz CT molecular complexity index is 838. The highest BCUT2D eigenvalue weighted by Crippen LogP contribution is 2.26. The van der Waals surface area contributed by atoms with Gasteiger partial charge in [0.1, 0.15) is 17.1 Å². The summed E-state index contributed by atoms with van der Waals surface area (Å²) < 4.78 is 12.6. The van der Waals surface area contributed by atoms with E-state index in [9.17, 15) is 5.11 Å². The monoisotopic (exact) mass is 341 g/mol. The summed E-state index contributed by atoms with van der Waals surface area (Å²) in [6.07, 6.45) is 3.25. The fraction of sp³-hybridized carbons (Fsp3) is 0.316. The topological polar surface area (TPSA) is 68.0 Å². The summed E-state index contributed by atoms with van der Waals surface area (Å²) in [5.41, 5.74) is 3.89. The predicted molar refractivity (Wildman–Crippen MR) is 96.1 cm³/mol. The summed E-state index contributed by atoms with van der Waals surface area (Å²) in [6.45, 7) is 3.08. The van der Waals surface area contributed by atoms with Gasteiger partial charge in [0.2, 0.25) is 0 Å². The van der Waals surface area contributed by atoms with Crippen LogP contribution in [0.3, 0.4) is 0 Å². The van der Waals surface area contributed by atoms with Gasteiger partial charge < -0.3 is 24.3 Å². The molecule has 6 heteroatoms. The highest BCUT2D eigenvalue weighted by atomic mass is 16.5. The SMILES string of the molecule is COc1cc(OC)cc(C(O)CNCc2cnc3ccc(C)cn23)c1. The summed E-state index contributed by atoms with van der Waals surface area (Å²) in [4.78, 5) is 4.39. The summed E-state index contributed by atoms with van der Waals surface area (Å²) in [7, 11) is 3.19. The fourth-order valence-electron chi connectivity index (χ4n) is 2.74. The number of benzene rings is 1. The summed E-state index contributed by atoms with van der Waals surface area (Å²) in [6, 6.07) is 9.44. The number of methoxy groups -OCH3 is 2. The van der Waals surface area contributed by atoms with Gasteiger partial charge >= 0.3 is 0 Å². The van der Waals surface area contributed by atoms with Crippen molar-refractivity contribution in [3.63, 3.8) is 0 Å². The molecule has 1 unspecified atom stereocenters. The van der Waals surface area contributed by atoms with Crippen molar-refractivity contribution in [3.8, 4) is 11.5 Å². The van der Waals surface area contributed by atoms with Crippen LogP contribution in [0.2, 0.25) is 0 Å². The maximum atomic E-state index is 10.5. The third-order valence-electron chi connectivity index (χ3n) is 4.13. The number of aryl methyl sites for hydroxylation is 1. The Morgan fingerprint density at radius 3 is 2.56 bits per heavy atom. The lowest BCUT2D eigenvalue weighted by atomic mass is 10.1. The molecule has 132 valence electrons. The predicted octanol–water partition coefficient (Wildman–Crippen LogP) is 2.48. The number of nitrogens with zero attached hydrogens (tertiary/aromatic N) is 2. The van der Waals surface area contributed by atoms with E-state index in [4.69, 9.17) is 9.47 Å². The van der Waals surface area contributed by atoms with E-state index >= 15 is 0 Å². The smallest absolute Gasteiger partial charge is 0.136 e. The zero-order chi connectivity index (χ0) is 17.8. The van der Waals surface area contributed by atoms with E-state index in [1.807, 2.05) is 30.5 Å². The standard InChI is InChI=1S/C19H23N3O3/c1-13-4-5-19-21-10-15(22(19)12-13)9-20-11-18(23)14-6-16(24-2)8-17(7-14)25-3/h4-8,10,12,18,20,23H,9,11H2,1-3H3. The van der Waals surface area contributed by atoms with E-state index in [1.54, 1.807) is 20.3 Å². The van der Waals surface area contributed by atoms with Gasteiger partial charge in [0, 0.05) is 25.4 Å². The molecule has 0 aliphatic heterocycles. The molecule has 0 aliphatic carbocycles. The number of rotatable bonds is 7. The molecular formula is C19H23N3O3. The molecule has 25 heavy (non-hydrogen) atoms. The molecule has 0 saturated heterocycles. The molecule has 0 bridgehead atoms. The number of imidazole rings is 1. The molecule has 0 radical (unpaired) electrons. The molecule has 6 nitrogen and oxygen atoms in total. The number of nitrogens with one attached hydrogen (secondary N) is 1. The quantitative estimate of drug-likeness (QED) is 0.691. The summed E-state index contributed by atoms with van der Waals surface area (Å²) in [5.74, 6) is 1.32. The average molecular weight is 341 g/mol. The summed E-state index contributed by atoms with van der Waals surface area (Å²) >= 11 is 0. The average Bonchev–Trinajstić information content (AvgIpc) is 3.03. The minimum atomic E-state index is -0.662. The van der Waals surface area contributed by atoms with Gasteiger partial charge in [0.25, 0.3) is 0 Å². The minimum Gasteiger partial charge on any atom is -0.497 e. The lowest BCUT2D eigenvalue weighted by molar-refractivity contribution is 0.173. The highest BCUT2D eigenvalue weighted by Gasteiger charge is 2.11. The van der Waals surface area contributed by atoms with Crippen LogP contribution in [-0.4, -0.2) is 35.3 Å². The Morgan fingerprint density at radius 2 is 1.88 bits per heavy atom. The fourth-order valence-corrected chi connectivity index (χ4v) is 2.74. The zero-order valence-electron chi connectivity index (χ0n) is 14.7. The van der Waals surface area contributed by atoms with E-state index in [1.165, 1.54) is 5.56 Å². The molecular weight excluding hydrogens is 318 g/mol. The molecule has 0 aliphatic rings. The van der Waals surface area contributed by atoms with Crippen molar-refractivity contribution < 1.29 is 14.6 Å². The number of aromatic nitrogens is 2. The molecule has 2 heterocycles. The molecule has 0 fully saturated rings. The number of ether oxygens (including phenoxy) is 2. The lowest BCUT2D eigenvalue weighted by Gasteiger charge is -2.15. The molecule has 2 N–H and O–H groups in total. The van der Waals surface area contributed by atoms with Gasteiger partial charge in [-0.1, -0.05) is 6.07 Å². The van der Waals surface area contributed by atoms with Gasteiger partial charge in [0.05, 0.1) is 32.2 Å². The van der Waals surface area contributed by atoms with Gasteiger partial charge in [0.15, 0.2) is 0 Å². The van der Waals surface area contributed by atoms with Crippen molar-refractivity contribution in [1.82, 2.24) is 14.7 Å². The van der Waals surface area contributed by atoms with E-state index in [0.717, 1.165) is 16.9 Å². The van der Waals surface area contributed by atoms with Crippen molar-refractivity contribution in [2.75, 3.05) is 20.8 Å². The maximum Gasteiger partial charge on any atom is 0.136 e. The van der Waals surface area contributed by atoms with Crippen LogP contribution in [0.25, 0.3) is 5.65 Å². The van der Waals surface area contributed by atoms with Crippen molar-refractivity contribution in [2.24, 2.45) is 0 Å². The Balaban J connectivity index is 1.66. The van der Waals surface area contributed by atoms with Crippen LogP contribution in [0.15, 0.2) is 42.7 Å². The van der Waals surface area contributed by atoms with Gasteiger partial charge in [-0.05, 0) is 36.2 Å². The van der Waals surface area contributed by atoms with Crippen molar-refractivity contribution >= 4 is 5.65 Å². The van der Waals surface area contributed by atoms with Gasteiger partial charge in [-0.15, -0.1) is 0 Å². The van der Waals surface area contributed by atoms with Crippen LogP contribution < -0.4 is 14.8 Å². The first-order chi connectivity index (χ1) is 12.1. The van der Waals surface area contributed by atoms with E-state index < -0.39 is 6.10 Å². The molecule has 0 spiro atoms. The van der Waals surface area contributed by atoms with Crippen LogP contribution in [0.1, 0.15) is 22.9 Å². The molecule has 1 aromatic carbocycles. The Kier molecular flexibility index (Phi) is 5.21. The summed E-state index contributed by atoms with van der Waals surface area (Å²) in [5, 5.41) is 13.7. The number of aliphatic hydroxyl groups is 1. The second-order valence-electron chi connectivity index (χ2n) is 5.98. The first-order valence-electron chi connectivity index (χ1n) is 8.15. The number of aliphatic hydroxyl groups excluding tert-OH is 1. The number of pyridine rings is 1. The molecule has 3 rings (SSSR count). The van der Waals surface area contributed by atoms with Crippen LogP contribution in [0, 0.1) is 6.92 Å². The molecule has 0 amide bonds. The number of fused-ring (bicyclic) bond motifs is 1. The van der Waals surface area contributed by atoms with Crippen molar-refractivity contribution in [1.29, 1.82) is 0 Å². The molecule has 3 aromatic rings. The lowest BCUT2D eigenvalue weighted by Crippen LogP contribution is -2.21. The number of hydrogen-bond acceptors (Lipinski definition) is 5. The number of hydrogen-bond donors (Lipinski definition) is 2. The normalized spacial score (nSPS) is 12.3. The van der Waals surface area contributed by atoms with Crippen LogP contribution in [0.5, 0.6) is 11.5 Å². The van der Waals surface area contributed by atoms with Gasteiger partial charge in [-0.2, -0.15) is 0 Å². The molecule has 2 aromatic heterocycles. The Hall–Kier alpha value is -2.57. The van der Waals surface area contributed by atoms with E-state index in [2.05, 4.69) is 27.8 Å². The molecule has 0 saturated carbocycles. The first kappa shape index (κ1) is 17.3. The molecule has 1 atom stereocenters. The van der Waals surface area contributed by atoms with Gasteiger partial charge in [-0.3, -0.25) is 0 Å². The highest BCUT2D eigenvalue weighted by molar-refractivity contribution is 5.42. The zero-order valence-corrected chi connectivity index (χ0v) is 14.7.